The van der Waals surface area contributed by atoms with Crippen LogP contribution in [0.3, 0.4) is 0 Å². The molecule has 0 radical (unpaired) electrons. The fraction of sp³-hybridized carbons (Fsp3) is 0.611. The maximum atomic E-state index is 12.0. The summed E-state index contributed by atoms with van der Waals surface area (Å²) in [6.07, 6.45) is 4.09. The quantitative estimate of drug-likeness (QED) is 0.769. The molecule has 1 aliphatic rings. The van der Waals surface area contributed by atoms with Gasteiger partial charge in [0.15, 0.2) is 0 Å². The fourth-order valence-corrected chi connectivity index (χ4v) is 3.00. The maximum absolute atomic E-state index is 12.0. The van der Waals surface area contributed by atoms with E-state index in [1.165, 1.54) is 24.0 Å². The molecule has 0 spiro atoms. The van der Waals surface area contributed by atoms with E-state index in [4.69, 9.17) is 0 Å². The van der Waals surface area contributed by atoms with Crippen molar-refractivity contribution in [3.63, 3.8) is 0 Å². The number of carbonyl (C=O) groups is 1. The second-order valence-corrected chi connectivity index (χ2v) is 6.57. The van der Waals surface area contributed by atoms with Gasteiger partial charge in [-0.3, -0.25) is 4.79 Å². The van der Waals surface area contributed by atoms with Crippen LogP contribution >= 0.6 is 24.8 Å². The molecule has 6 heteroatoms. The highest BCUT2D eigenvalue weighted by atomic mass is 35.5. The second-order valence-electron chi connectivity index (χ2n) is 6.57. The molecule has 1 heterocycles. The molecule has 1 aliphatic heterocycles. The van der Waals surface area contributed by atoms with Gasteiger partial charge in [-0.1, -0.05) is 24.3 Å². The summed E-state index contributed by atoms with van der Waals surface area (Å²) in [5.41, 5.74) is 2.46. The van der Waals surface area contributed by atoms with Crippen molar-refractivity contribution in [1.29, 1.82) is 0 Å². The molecule has 0 atom stereocenters. The van der Waals surface area contributed by atoms with Gasteiger partial charge in [0.2, 0.25) is 5.91 Å². The Morgan fingerprint density at radius 1 is 1.21 bits per heavy atom. The van der Waals surface area contributed by atoms with Gasteiger partial charge in [0.05, 0.1) is 0 Å². The van der Waals surface area contributed by atoms with Crippen LogP contribution in [0.1, 0.15) is 36.8 Å². The van der Waals surface area contributed by atoms with Crippen molar-refractivity contribution in [3.8, 4) is 0 Å². The molecule has 1 amide bonds. The molecular formula is C18H31Cl2N3O. The first kappa shape index (κ1) is 23.2. The number of hydrogen-bond donors (Lipinski definition) is 2. The Bertz CT molecular complexity index is 477. The summed E-state index contributed by atoms with van der Waals surface area (Å²) < 4.78 is 0. The molecule has 1 aromatic rings. The Hall–Kier alpha value is -0.810. The van der Waals surface area contributed by atoms with Gasteiger partial charge < -0.3 is 15.5 Å². The predicted molar refractivity (Wildman–Crippen MR) is 105 cm³/mol. The summed E-state index contributed by atoms with van der Waals surface area (Å²) in [6, 6.07) is 8.44. The molecule has 138 valence electrons. The Kier molecular flexibility index (Phi) is 12.1. The molecule has 1 aromatic carbocycles. The summed E-state index contributed by atoms with van der Waals surface area (Å²) in [6.45, 7) is 3.76. The number of piperidine rings is 1. The van der Waals surface area contributed by atoms with E-state index in [-0.39, 0.29) is 30.7 Å². The lowest BCUT2D eigenvalue weighted by atomic mass is 9.93. The van der Waals surface area contributed by atoms with Crippen LogP contribution < -0.4 is 10.6 Å². The summed E-state index contributed by atoms with van der Waals surface area (Å²) in [5.74, 6) is 0.895. The molecule has 2 N–H and O–H groups in total. The van der Waals surface area contributed by atoms with Gasteiger partial charge in [-0.25, -0.2) is 0 Å². The third-order valence-electron chi connectivity index (χ3n) is 4.22. The molecule has 4 nitrogen and oxygen atoms in total. The zero-order valence-electron chi connectivity index (χ0n) is 14.7. The number of carbonyl (C=O) groups excluding carboxylic acids is 1. The standard InChI is InChI=1S/C18H29N3O.2ClH/c1-21(2)14-17-5-3-4-16(12-17)13-20-18(22)7-6-15-8-10-19-11-9-15;;/h3-5,12,15,19H,6-11,13-14H2,1-2H3,(H,20,22);2*1H. The van der Waals surface area contributed by atoms with Crippen LogP contribution in [-0.2, 0) is 17.9 Å². The van der Waals surface area contributed by atoms with Crippen LogP contribution in [0, 0.1) is 5.92 Å². The zero-order valence-corrected chi connectivity index (χ0v) is 16.3. The van der Waals surface area contributed by atoms with E-state index >= 15 is 0 Å². The fourth-order valence-electron chi connectivity index (χ4n) is 3.00. The number of rotatable bonds is 7. The van der Waals surface area contributed by atoms with Crippen LogP contribution in [0.25, 0.3) is 0 Å². The monoisotopic (exact) mass is 375 g/mol. The third-order valence-corrected chi connectivity index (χ3v) is 4.22. The molecule has 0 aliphatic carbocycles. The van der Waals surface area contributed by atoms with E-state index in [9.17, 15) is 4.79 Å². The van der Waals surface area contributed by atoms with Crippen molar-refractivity contribution in [2.45, 2.75) is 38.8 Å². The first-order chi connectivity index (χ1) is 10.6. The average Bonchev–Trinajstić information content (AvgIpc) is 2.52. The molecule has 0 unspecified atom stereocenters. The zero-order chi connectivity index (χ0) is 15.8. The topological polar surface area (TPSA) is 44.4 Å². The molecule has 2 rings (SSSR count). The largest absolute Gasteiger partial charge is 0.352 e. The smallest absolute Gasteiger partial charge is 0.220 e. The lowest BCUT2D eigenvalue weighted by Gasteiger charge is -2.22. The van der Waals surface area contributed by atoms with Crippen LogP contribution in [0.15, 0.2) is 24.3 Å². The SMILES string of the molecule is CN(C)Cc1cccc(CNC(=O)CCC2CCNCC2)c1.Cl.Cl. The minimum absolute atomic E-state index is 0. The highest BCUT2D eigenvalue weighted by Crippen LogP contribution is 2.17. The van der Waals surface area contributed by atoms with E-state index in [2.05, 4.69) is 53.9 Å². The van der Waals surface area contributed by atoms with Gasteiger partial charge in [-0.15, -0.1) is 24.8 Å². The number of hydrogen-bond acceptors (Lipinski definition) is 3. The van der Waals surface area contributed by atoms with Gasteiger partial charge >= 0.3 is 0 Å². The van der Waals surface area contributed by atoms with Crippen LogP contribution in [-0.4, -0.2) is 38.0 Å². The summed E-state index contributed by atoms with van der Waals surface area (Å²) in [7, 11) is 4.13. The lowest BCUT2D eigenvalue weighted by Crippen LogP contribution is -2.29. The molecule has 0 aromatic heterocycles. The van der Waals surface area contributed by atoms with E-state index < -0.39 is 0 Å². The first-order valence-electron chi connectivity index (χ1n) is 8.33. The highest BCUT2D eigenvalue weighted by Gasteiger charge is 2.14. The van der Waals surface area contributed by atoms with Gasteiger partial charge in [-0.2, -0.15) is 0 Å². The van der Waals surface area contributed by atoms with Crippen molar-refractivity contribution in [3.05, 3.63) is 35.4 Å². The molecule has 1 saturated heterocycles. The van der Waals surface area contributed by atoms with Crippen LogP contribution in [0.4, 0.5) is 0 Å². The van der Waals surface area contributed by atoms with E-state index in [0.29, 0.717) is 13.0 Å². The van der Waals surface area contributed by atoms with Crippen LogP contribution in [0.5, 0.6) is 0 Å². The highest BCUT2D eigenvalue weighted by molar-refractivity contribution is 5.85. The van der Waals surface area contributed by atoms with Gasteiger partial charge in [0.1, 0.15) is 0 Å². The van der Waals surface area contributed by atoms with Crippen LogP contribution in [0.2, 0.25) is 0 Å². The van der Waals surface area contributed by atoms with Crippen molar-refractivity contribution in [2.24, 2.45) is 5.92 Å². The molecular weight excluding hydrogens is 345 g/mol. The second kappa shape index (κ2) is 12.5. The minimum atomic E-state index is 0. The lowest BCUT2D eigenvalue weighted by molar-refractivity contribution is -0.121. The average molecular weight is 376 g/mol. The minimum Gasteiger partial charge on any atom is -0.352 e. The normalized spacial score (nSPS) is 14.6. The number of nitrogens with zero attached hydrogens (tertiary/aromatic N) is 1. The van der Waals surface area contributed by atoms with E-state index in [1.807, 2.05) is 0 Å². The molecule has 0 saturated carbocycles. The van der Waals surface area contributed by atoms with Crippen molar-refractivity contribution < 1.29 is 4.79 Å². The Morgan fingerprint density at radius 3 is 2.54 bits per heavy atom. The number of benzene rings is 1. The summed E-state index contributed by atoms with van der Waals surface area (Å²) in [4.78, 5) is 14.1. The van der Waals surface area contributed by atoms with Gasteiger partial charge in [-0.05, 0) is 63.5 Å². The first-order valence-corrected chi connectivity index (χ1v) is 8.33. The van der Waals surface area contributed by atoms with Crippen molar-refractivity contribution >= 4 is 30.7 Å². The third kappa shape index (κ3) is 8.88. The van der Waals surface area contributed by atoms with Crippen molar-refractivity contribution in [2.75, 3.05) is 27.2 Å². The van der Waals surface area contributed by atoms with E-state index in [0.717, 1.165) is 32.0 Å². The molecule has 24 heavy (non-hydrogen) atoms. The number of amides is 1. The van der Waals surface area contributed by atoms with Crippen molar-refractivity contribution in [1.82, 2.24) is 15.5 Å². The summed E-state index contributed by atoms with van der Waals surface area (Å²) >= 11 is 0. The Morgan fingerprint density at radius 2 is 1.88 bits per heavy atom. The van der Waals surface area contributed by atoms with Gasteiger partial charge in [0.25, 0.3) is 0 Å². The Labute approximate surface area is 158 Å². The predicted octanol–water partition coefficient (Wildman–Crippen LogP) is 2.99. The molecule has 0 bridgehead atoms. The Balaban J connectivity index is 0.00000264. The molecule has 1 fully saturated rings. The maximum Gasteiger partial charge on any atom is 0.220 e. The number of halogens is 2. The number of nitrogens with one attached hydrogen (secondary N) is 2. The van der Waals surface area contributed by atoms with Gasteiger partial charge in [0, 0.05) is 19.5 Å². The summed E-state index contributed by atoms with van der Waals surface area (Å²) in [5, 5.41) is 6.41. The van der Waals surface area contributed by atoms with E-state index in [1.54, 1.807) is 0 Å².